The Bertz CT molecular complexity index is 699. The largest absolute Gasteiger partial charge is 0.828 e. The number of benzene rings is 1. The van der Waals surface area contributed by atoms with Gasteiger partial charge in [0.15, 0.2) is 5.60 Å². The van der Waals surface area contributed by atoms with E-state index in [4.69, 9.17) is 0 Å². The van der Waals surface area contributed by atoms with E-state index in [-0.39, 0.29) is 0 Å². The molecule has 144 valence electrons. The molecule has 0 saturated heterocycles. The molecule has 0 amide bonds. The number of nitro benzene ring substituents is 2. The summed E-state index contributed by atoms with van der Waals surface area (Å²) in [5, 5.41) is 32.3. The van der Waals surface area contributed by atoms with E-state index in [9.17, 15) is 56.5 Å². The Balaban J connectivity index is 3.17. The summed E-state index contributed by atoms with van der Waals surface area (Å²) in [5.74, 6) is -3.26. The quantitative estimate of drug-likeness (QED) is 0.323. The monoisotopic (exact) mass is 391 g/mol. The summed E-state index contributed by atoms with van der Waals surface area (Å²) in [6.45, 7) is -1.47. The fraction of sp³-hybridized carbons (Fsp3) is 0.364. The van der Waals surface area contributed by atoms with Crippen LogP contribution in [0.2, 0.25) is 0 Å². The fourth-order valence-corrected chi connectivity index (χ4v) is 1.59. The van der Waals surface area contributed by atoms with Gasteiger partial charge in [-0.1, -0.05) is 0 Å². The third-order valence-corrected chi connectivity index (χ3v) is 2.84. The van der Waals surface area contributed by atoms with Crippen molar-refractivity contribution in [1.82, 2.24) is 0 Å². The lowest BCUT2D eigenvalue weighted by Crippen LogP contribution is -2.71. The smallest absolute Gasteiger partial charge is 0.399 e. The number of rotatable bonds is 5. The molecule has 0 bridgehead atoms. The Kier molecular flexibility index (Phi) is 5.46. The minimum Gasteiger partial charge on any atom is -0.828 e. The molecular weight excluding hydrogens is 386 g/mol. The molecule has 0 saturated carbocycles. The first-order valence-corrected chi connectivity index (χ1v) is 6.05. The highest BCUT2D eigenvalue weighted by Crippen LogP contribution is 2.41. The zero-order valence-corrected chi connectivity index (χ0v) is 12.0. The predicted octanol–water partition coefficient (Wildman–Crippen LogP) is 1.77. The van der Waals surface area contributed by atoms with Gasteiger partial charge in [0.25, 0.3) is 11.4 Å². The van der Waals surface area contributed by atoms with Gasteiger partial charge in [-0.15, -0.1) is 0 Å². The molecule has 0 spiro atoms. The standard InChI is InChI=1S/C11H5F6N2O7/c12-10(13,14)9(21,11(15,16)17)8(20)26-4-5-1-6(18(22)23)3-7(2-5)19(24)25/h1-3H,4H2/q-1. The van der Waals surface area contributed by atoms with E-state index >= 15 is 0 Å². The van der Waals surface area contributed by atoms with E-state index in [1.807, 2.05) is 0 Å². The first-order chi connectivity index (χ1) is 11.6. The Morgan fingerprint density at radius 2 is 1.31 bits per heavy atom. The Morgan fingerprint density at radius 1 is 0.923 bits per heavy atom. The van der Waals surface area contributed by atoms with Crippen LogP contribution >= 0.6 is 0 Å². The molecule has 0 aromatic heterocycles. The van der Waals surface area contributed by atoms with Crippen LogP contribution in [0, 0.1) is 20.2 Å². The van der Waals surface area contributed by atoms with Gasteiger partial charge in [0, 0.05) is 17.7 Å². The minimum absolute atomic E-state index is 0.453. The lowest BCUT2D eigenvalue weighted by molar-refractivity contribution is -0.574. The number of carbonyl (C=O) groups excluding carboxylic acids is 1. The van der Waals surface area contributed by atoms with Crippen molar-refractivity contribution in [2.75, 3.05) is 0 Å². The molecule has 0 fully saturated rings. The molecule has 0 aliphatic heterocycles. The van der Waals surface area contributed by atoms with Gasteiger partial charge in [0.05, 0.1) is 15.9 Å². The van der Waals surface area contributed by atoms with Crippen molar-refractivity contribution >= 4 is 17.3 Å². The zero-order valence-electron chi connectivity index (χ0n) is 12.0. The summed E-state index contributed by atoms with van der Waals surface area (Å²) in [7, 11) is 0. The van der Waals surface area contributed by atoms with Crippen LogP contribution < -0.4 is 5.11 Å². The number of carbonyl (C=O) groups is 1. The minimum atomic E-state index is -6.59. The van der Waals surface area contributed by atoms with Gasteiger partial charge in [-0.3, -0.25) is 25.0 Å². The summed E-state index contributed by atoms with van der Waals surface area (Å²) < 4.78 is 78.1. The Hall–Kier alpha value is -2.97. The van der Waals surface area contributed by atoms with Crippen molar-refractivity contribution in [3.05, 3.63) is 44.0 Å². The maximum Gasteiger partial charge on any atom is 0.399 e. The van der Waals surface area contributed by atoms with Crippen molar-refractivity contribution in [3.8, 4) is 0 Å². The van der Waals surface area contributed by atoms with Crippen LogP contribution in [0.15, 0.2) is 18.2 Å². The van der Waals surface area contributed by atoms with E-state index in [0.717, 1.165) is 0 Å². The van der Waals surface area contributed by atoms with Gasteiger partial charge in [-0.05, 0) is 0 Å². The maximum absolute atomic E-state index is 12.4. The molecule has 15 heteroatoms. The average molecular weight is 391 g/mol. The van der Waals surface area contributed by atoms with Crippen LogP contribution in [0.25, 0.3) is 0 Å². The number of halogens is 6. The second-order valence-electron chi connectivity index (χ2n) is 4.62. The van der Waals surface area contributed by atoms with Crippen molar-refractivity contribution in [2.45, 2.75) is 24.6 Å². The Labute approximate surface area is 138 Å². The van der Waals surface area contributed by atoms with Crippen molar-refractivity contribution in [2.24, 2.45) is 0 Å². The summed E-state index contributed by atoms with van der Waals surface area (Å²) in [5.41, 5.74) is -8.64. The number of ether oxygens (including phenoxy) is 1. The van der Waals surface area contributed by atoms with Crippen LogP contribution in [-0.4, -0.2) is 33.8 Å². The average Bonchev–Trinajstić information content (AvgIpc) is 2.48. The molecule has 1 aromatic rings. The summed E-state index contributed by atoms with van der Waals surface area (Å²) in [6.07, 6.45) is -13.2. The summed E-state index contributed by atoms with van der Waals surface area (Å²) in [6, 6.07) is 1.47. The number of alkyl halides is 6. The van der Waals surface area contributed by atoms with E-state index in [0.29, 0.717) is 18.2 Å². The molecule has 0 aliphatic carbocycles. The van der Waals surface area contributed by atoms with Crippen LogP contribution in [0.3, 0.4) is 0 Å². The highest BCUT2D eigenvalue weighted by molar-refractivity contribution is 5.81. The number of nitro groups is 2. The summed E-state index contributed by atoms with van der Waals surface area (Å²) >= 11 is 0. The van der Waals surface area contributed by atoms with E-state index in [2.05, 4.69) is 4.74 Å². The van der Waals surface area contributed by atoms with Crippen LogP contribution in [0.4, 0.5) is 37.7 Å². The maximum atomic E-state index is 12.4. The lowest BCUT2D eigenvalue weighted by Gasteiger charge is -2.40. The molecule has 0 N–H and O–H groups in total. The molecule has 0 heterocycles. The number of hydrogen-bond acceptors (Lipinski definition) is 7. The van der Waals surface area contributed by atoms with Crippen molar-refractivity contribution in [3.63, 3.8) is 0 Å². The third kappa shape index (κ3) is 3.98. The second kappa shape index (κ2) is 6.74. The lowest BCUT2D eigenvalue weighted by atomic mass is 10.0. The Morgan fingerprint density at radius 3 is 1.62 bits per heavy atom. The first-order valence-electron chi connectivity index (χ1n) is 6.05. The highest BCUT2D eigenvalue weighted by atomic mass is 19.4. The van der Waals surface area contributed by atoms with E-state index in [1.54, 1.807) is 0 Å². The number of hydrogen-bond donors (Lipinski definition) is 0. The topological polar surface area (TPSA) is 136 Å². The molecule has 0 unspecified atom stereocenters. The molecule has 0 atom stereocenters. The van der Waals surface area contributed by atoms with Crippen molar-refractivity contribution in [1.29, 1.82) is 0 Å². The number of esters is 1. The van der Waals surface area contributed by atoms with Gasteiger partial charge >= 0.3 is 18.3 Å². The molecule has 0 aliphatic rings. The number of non-ortho nitro benzene ring substituents is 2. The van der Waals surface area contributed by atoms with Crippen LogP contribution in [0.5, 0.6) is 0 Å². The molecule has 0 radical (unpaired) electrons. The van der Waals surface area contributed by atoms with Gasteiger partial charge in [-0.2, -0.15) is 26.3 Å². The molecule has 1 aromatic carbocycles. The first kappa shape index (κ1) is 21.1. The molecule has 1 rings (SSSR count). The van der Waals surface area contributed by atoms with E-state index < -0.39 is 57.3 Å². The fourth-order valence-electron chi connectivity index (χ4n) is 1.59. The third-order valence-electron chi connectivity index (χ3n) is 2.84. The zero-order chi connectivity index (χ0) is 20.5. The van der Waals surface area contributed by atoms with Gasteiger partial charge in [0.2, 0.25) is 0 Å². The van der Waals surface area contributed by atoms with Gasteiger partial charge in [-0.25, -0.2) is 0 Å². The van der Waals surface area contributed by atoms with E-state index in [1.165, 1.54) is 0 Å². The predicted molar refractivity (Wildman–Crippen MR) is 64.4 cm³/mol. The molecular formula is C11H5F6N2O7-. The highest BCUT2D eigenvalue weighted by Gasteiger charge is 2.68. The second-order valence-corrected chi connectivity index (χ2v) is 4.62. The van der Waals surface area contributed by atoms with Crippen LogP contribution in [-0.2, 0) is 16.1 Å². The van der Waals surface area contributed by atoms with Crippen molar-refractivity contribution < 1.29 is 50.8 Å². The van der Waals surface area contributed by atoms with Crippen LogP contribution in [0.1, 0.15) is 5.56 Å². The molecule has 26 heavy (non-hydrogen) atoms. The number of nitrogens with zero attached hydrogens (tertiary/aromatic N) is 2. The normalized spacial score (nSPS) is 12.6. The summed E-state index contributed by atoms with van der Waals surface area (Å²) in [4.78, 5) is 30.1. The van der Waals surface area contributed by atoms with Gasteiger partial charge in [0.1, 0.15) is 6.61 Å². The SMILES string of the molecule is O=C(OCc1cc([N+](=O)[O-])cc([N+](=O)[O-])c1)C([O-])(C(F)(F)F)C(F)(F)F. The molecule has 9 nitrogen and oxygen atoms in total. The van der Waals surface area contributed by atoms with Gasteiger partial charge < -0.3 is 9.84 Å².